The molecule has 27 heavy (non-hydrogen) atoms. The van der Waals surface area contributed by atoms with Gasteiger partial charge in [-0.2, -0.15) is 0 Å². The van der Waals surface area contributed by atoms with E-state index < -0.39 is 29.9 Å². The molecule has 5 heteroatoms. The van der Waals surface area contributed by atoms with Gasteiger partial charge in [-0.1, -0.05) is 37.6 Å². The van der Waals surface area contributed by atoms with Gasteiger partial charge >= 0.3 is 5.97 Å². The molecule has 2 aliphatic rings. The van der Waals surface area contributed by atoms with E-state index in [9.17, 15) is 9.59 Å². The Balaban J connectivity index is 1.63. The van der Waals surface area contributed by atoms with E-state index >= 15 is 0 Å². The van der Waals surface area contributed by atoms with Crippen molar-refractivity contribution >= 4 is 11.8 Å². The van der Waals surface area contributed by atoms with Crippen molar-refractivity contribution in [3.05, 3.63) is 48.6 Å². The average molecular weight is 372 g/mol. The number of benzene rings is 1. The molecule has 0 unspecified atom stereocenters. The molecular weight excluding hydrogens is 344 g/mol. The molecule has 3 rings (SSSR count). The normalized spacial score (nSPS) is 23.5. The highest BCUT2D eigenvalue weighted by Crippen LogP contribution is 2.38. The van der Waals surface area contributed by atoms with Gasteiger partial charge in [0.05, 0.1) is 18.1 Å². The Morgan fingerprint density at radius 3 is 2.63 bits per heavy atom. The Kier molecular flexibility index (Phi) is 6.45. The lowest BCUT2D eigenvalue weighted by atomic mass is 9.93. The maximum atomic E-state index is 13.0. The standard InChI is InChI=1S/C22H28O5/c1-3-10-18(26-21(24)17-11-6-4-7-12-17)16(2)20(23)19-15-25-22(27-19)13-8-5-9-14-22/h3-4,6-7,11-12,16,18-19H,1,5,8-10,13-15H2,2H3/t16-,18-,19+/m0/s1. The molecule has 1 aromatic carbocycles. The van der Waals surface area contributed by atoms with Crippen molar-refractivity contribution in [1.82, 2.24) is 0 Å². The number of carbonyl (C=O) groups excluding carboxylic acids is 2. The number of hydrogen-bond acceptors (Lipinski definition) is 5. The van der Waals surface area contributed by atoms with Crippen molar-refractivity contribution in [2.45, 2.75) is 63.4 Å². The lowest BCUT2D eigenvalue weighted by Crippen LogP contribution is -2.39. The van der Waals surface area contributed by atoms with Crippen molar-refractivity contribution in [1.29, 1.82) is 0 Å². The second kappa shape index (κ2) is 8.81. The molecule has 1 saturated carbocycles. The third-order valence-electron chi connectivity index (χ3n) is 5.46. The number of Topliss-reactive ketones (excluding diaryl/α,β-unsaturated/α-hetero) is 1. The first-order chi connectivity index (χ1) is 13.0. The Morgan fingerprint density at radius 2 is 1.96 bits per heavy atom. The van der Waals surface area contributed by atoms with Gasteiger partial charge in [0.1, 0.15) is 12.2 Å². The van der Waals surface area contributed by atoms with E-state index in [0.717, 1.165) is 25.7 Å². The van der Waals surface area contributed by atoms with E-state index in [1.807, 2.05) is 6.07 Å². The summed E-state index contributed by atoms with van der Waals surface area (Å²) in [6.07, 6.45) is 5.88. The minimum absolute atomic E-state index is 0.0786. The summed E-state index contributed by atoms with van der Waals surface area (Å²) in [6.45, 7) is 5.79. The molecule has 1 aliphatic carbocycles. The zero-order valence-electron chi connectivity index (χ0n) is 15.9. The number of ketones is 1. The molecule has 1 spiro atoms. The molecule has 1 aliphatic heterocycles. The van der Waals surface area contributed by atoms with Gasteiger partial charge in [0, 0.05) is 19.3 Å². The molecule has 146 valence electrons. The average Bonchev–Trinajstić information content (AvgIpc) is 3.10. The van der Waals surface area contributed by atoms with E-state index in [-0.39, 0.29) is 12.4 Å². The predicted molar refractivity (Wildman–Crippen MR) is 101 cm³/mol. The molecular formula is C22H28O5. The Morgan fingerprint density at radius 1 is 1.26 bits per heavy atom. The van der Waals surface area contributed by atoms with E-state index in [1.165, 1.54) is 6.42 Å². The zero-order valence-corrected chi connectivity index (χ0v) is 15.9. The lowest BCUT2D eigenvalue weighted by molar-refractivity contribution is -0.190. The first-order valence-corrected chi connectivity index (χ1v) is 9.77. The molecule has 0 N–H and O–H groups in total. The third-order valence-corrected chi connectivity index (χ3v) is 5.46. The van der Waals surface area contributed by atoms with Crippen LogP contribution in [0, 0.1) is 5.92 Å². The van der Waals surface area contributed by atoms with Crippen molar-refractivity contribution in [3.8, 4) is 0 Å². The fourth-order valence-corrected chi connectivity index (χ4v) is 3.82. The topological polar surface area (TPSA) is 61.8 Å². The van der Waals surface area contributed by atoms with Crippen LogP contribution in [-0.2, 0) is 19.0 Å². The van der Waals surface area contributed by atoms with Gasteiger partial charge in [-0.3, -0.25) is 4.79 Å². The Bertz CT molecular complexity index is 663. The quantitative estimate of drug-likeness (QED) is 0.533. The van der Waals surface area contributed by atoms with Gasteiger partial charge in [0.2, 0.25) is 0 Å². The van der Waals surface area contributed by atoms with Crippen LogP contribution in [0.1, 0.15) is 55.8 Å². The highest BCUT2D eigenvalue weighted by molar-refractivity contribution is 5.90. The zero-order chi connectivity index (χ0) is 19.3. The summed E-state index contributed by atoms with van der Waals surface area (Å²) >= 11 is 0. The molecule has 0 bridgehead atoms. The summed E-state index contributed by atoms with van der Waals surface area (Å²) in [5.41, 5.74) is 0.466. The fourth-order valence-electron chi connectivity index (χ4n) is 3.82. The van der Waals surface area contributed by atoms with E-state index in [1.54, 1.807) is 37.3 Å². The summed E-state index contributed by atoms with van der Waals surface area (Å²) in [4.78, 5) is 25.4. The summed E-state index contributed by atoms with van der Waals surface area (Å²) < 4.78 is 17.6. The molecule has 1 heterocycles. The summed E-state index contributed by atoms with van der Waals surface area (Å²) in [5.74, 6) is -1.60. The minimum atomic E-state index is -0.596. The van der Waals surface area contributed by atoms with Crippen molar-refractivity contribution in [3.63, 3.8) is 0 Å². The number of hydrogen-bond donors (Lipinski definition) is 0. The predicted octanol–water partition coefficient (Wildman–Crippen LogP) is 4.07. The second-order valence-corrected chi connectivity index (χ2v) is 7.41. The molecule has 0 amide bonds. The smallest absolute Gasteiger partial charge is 0.338 e. The summed E-state index contributed by atoms with van der Waals surface area (Å²) in [5, 5.41) is 0. The summed E-state index contributed by atoms with van der Waals surface area (Å²) in [6, 6.07) is 8.78. The van der Waals surface area contributed by atoms with Gasteiger partial charge < -0.3 is 14.2 Å². The second-order valence-electron chi connectivity index (χ2n) is 7.41. The minimum Gasteiger partial charge on any atom is -0.458 e. The van der Waals surface area contributed by atoms with Crippen LogP contribution in [0.15, 0.2) is 43.0 Å². The molecule has 2 fully saturated rings. The van der Waals surface area contributed by atoms with E-state index in [2.05, 4.69) is 6.58 Å². The number of esters is 1. The van der Waals surface area contributed by atoms with Crippen LogP contribution >= 0.6 is 0 Å². The van der Waals surface area contributed by atoms with Gasteiger partial charge in [-0.05, 0) is 25.0 Å². The molecule has 1 saturated heterocycles. The monoisotopic (exact) mass is 372 g/mol. The first kappa shape index (κ1) is 19.8. The summed E-state index contributed by atoms with van der Waals surface area (Å²) in [7, 11) is 0. The maximum Gasteiger partial charge on any atom is 0.338 e. The Labute approximate surface area is 160 Å². The Hall–Kier alpha value is -1.98. The van der Waals surface area contributed by atoms with Gasteiger partial charge in [0.15, 0.2) is 11.6 Å². The molecule has 1 aromatic rings. The molecule has 0 radical (unpaired) electrons. The highest BCUT2D eigenvalue weighted by Gasteiger charge is 2.46. The molecule has 0 aromatic heterocycles. The van der Waals surface area contributed by atoms with Crippen LogP contribution in [0.2, 0.25) is 0 Å². The van der Waals surface area contributed by atoms with E-state index in [0.29, 0.717) is 12.0 Å². The van der Waals surface area contributed by atoms with Crippen LogP contribution in [0.5, 0.6) is 0 Å². The number of rotatable bonds is 7. The molecule has 5 nitrogen and oxygen atoms in total. The largest absolute Gasteiger partial charge is 0.458 e. The van der Waals surface area contributed by atoms with Crippen LogP contribution < -0.4 is 0 Å². The maximum absolute atomic E-state index is 13.0. The lowest BCUT2D eigenvalue weighted by Gasteiger charge is -2.32. The van der Waals surface area contributed by atoms with E-state index in [4.69, 9.17) is 14.2 Å². The first-order valence-electron chi connectivity index (χ1n) is 9.77. The SMILES string of the molecule is C=CC[C@H](OC(=O)c1ccccc1)[C@H](C)C(=O)[C@H]1COC2(CCCCC2)O1. The van der Waals surface area contributed by atoms with Gasteiger partial charge in [-0.15, -0.1) is 6.58 Å². The fraction of sp³-hybridized carbons (Fsp3) is 0.545. The van der Waals surface area contributed by atoms with Crippen molar-refractivity contribution in [2.24, 2.45) is 5.92 Å². The highest BCUT2D eigenvalue weighted by atomic mass is 16.7. The van der Waals surface area contributed by atoms with Gasteiger partial charge in [-0.25, -0.2) is 4.79 Å². The van der Waals surface area contributed by atoms with Crippen molar-refractivity contribution in [2.75, 3.05) is 6.61 Å². The molecule has 3 atom stereocenters. The van der Waals surface area contributed by atoms with Crippen LogP contribution in [0.3, 0.4) is 0 Å². The third kappa shape index (κ3) is 4.66. The van der Waals surface area contributed by atoms with Crippen LogP contribution in [0.25, 0.3) is 0 Å². The van der Waals surface area contributed by atoms with Crippen LogP contribution in [0.4, 0.5) is 0 Å². The van der Waals surface area contributed by atoms with Gasteiger partial charge in [0.25, 0.3) is 0 Å². The number of carbonyl (C=O) groups is 2. The number of ether oxygens (including phenoxy) is 3. The van der Waals surface area contributed by atoms with Crippen LogP contribution in [-0.4, -0.2) is 36.4 Å². The van der Waals surface area contributed by atoms with Crippen molar-refractivity contribution < 1.29 is 23.8 Å².